The highest BCUT2D eigenvalue weighted by molar-refractivity contribution is 5.05. The summed E-state index contributed by atoms with van der Waals surface area (Å²) in [6, 6.07) is 0. The molecule has 0 unspecified atom stereocenters. The molecule has 0 atom stereocenters. The van der Waals surface area contributed by atoms with E-state index in [4.69, 9.17) is 4.84 Å². The van der Waals surface area contributed by atoms with E-state index in [0.717, 1.165) is 5.70 Å². The van der Waals surface area contributed by atoms with Gasteiger partial charge in [0.2, 0.25) is 0 Å². The molecule has 0 amide bonds. The molecule has 0 aromatic carbocycles. The Hall–Kier alpha value is -1.18. The third kappa shape index (κ3) is 1.35. The van der Waals surface area contributed by atoms with E-state index < -0.39 is 0 Å². The molecule has 1 aliphatic heterocycles. The zero-order valence-electron chi connectivity index (χ0n) is 5.37. The van der Waals surface area contributed by atoms with E-state index in [1.165, 1.54) is 0 Å². The van der Waals surface area contributed by atoms with Crippen LogP contribution in [0.5, 0.6) is 0 Å². The predicted molar refractivity (Wildman–Crippen MR) is 36.0 cm³/mol. The van der Waals surface area contributed by atoms with Gasteiger partial charge in [-0.2, -0.15) is 5.06 Å². The maximum atomic E-state index is 5.01. The number of allylic oxidation sites excluding steroid dienone is 3. The summed E-state index contributed by atoms with van der Waals surface area (Å²) in [5.74, 6) is 0. The van der Waals surface area contributed by atoms with Crippen molar-refractivity contribution in [3.05, 3.63) is 36.9 Å². The van der Waals surface area contributed by atoms with Gasteiger partial charge in [-0.1, -0.05) is 6.58 Å². The van der Waals surface area contributed by atoms with Gasteiger partial charge in [0.15, 0.2) is 0 Å². The van der Waals surface area contributed by atoms with Gasteiger partial charge in [-0.05, 0) is 19.1 Å². The summed E-state index contributed by atoms with van der Waals surface area (Å²) in [7, 11) is 0. The average Bonchev–Trinajstić information content (AvgIpc) is 1.90. The fourth-order valence-electron chi connectivity index (χ4n) is 0.526. The molecule has 2 heteroatoms. The van der Waals surface area contributed by atoms with Crippen LogP contribution >= 0.6 is 0 Å². The highest BCUT2D eigenvalue weighted by Gasteiger charge is 1.98. The topological polar surface area (TPSA) is 12.5 Å². The average molecular weight is 123 g/mol. The lowest BCUT2D eigenvalue weighted by Crippen LogP contribution is -2.12. The minimum Gasteiger partial charge on any atom is -0.383 e. The van der Waals surface area contributed by atoms with Crippen molar-refractivity contribution in [3.8, 4) is 0 Å². The fourth-order valence-corrected chi connectivity index (χ4v) is 0.526. The Bertz CT molecular complexity index is 170. The van der Waals surface area contributed by atoms with Gasteiger partial charge in [-0.15, -0.1) is 0 Å². The van der Waals surface area contributed by atoms with Crippen LogP contribution in [0, 0.1) is 0 Å². The predicted octanol–water partition coefficient (Wildman–Crippen LogP) is 1.79. The molecule has 0 aromatic rings. The molecule has 0 bridgehead atoms. The van der Waals surface area contributed by atoms with Crippen molar-refractivity contribution in [2.75, 3.05) is 0 Å². The van der Waals surface area contributed by atoms with Crippen molar-refractivity contribution in [2.24, 2.45) is 0 Å². The number of hydrogen-bond acceptors (Lipinski definition) is 2. The van der Waals surface area contributed by atoms with Crippen molar-refractivity contribution in [2.45, 2.75) is 6.92 Å². The number of hydroxylamine groups is 2. The Balaban J connectivity index is 2.56. The normalized spacial score (nSPS) is 15.4. The first-order chi connectivity index (χ1) is 4.30. The molecule has 48 valence electrons. The van der Waals surface area contributed by atoms with Gasteiger partial charge in [0.1, 0.15) is 6.26 Å². The lowest BCUT2D eigenvalue weighted by molar-refractivity contribution is -0.0249. The van der Waals surface area contributed by atoms with E-state index >= 15 is 0 Å². The second kappa shape index (κ2) is 2.40. The highest BCUT2D eigenvalue weighted by atomic mass is 16.7. The van der Waals surface area contributed by atoms with Crippen molar-refractivity contribution in [1.29, 1.82) is 0 Å². The second-order valence-electron chi connectivity index (χ2n) is 1.84. The van der Waals surface area contributed by atoms with E-state index in [1.807, 2.05) is 25.3 Å². The Morgan fingerprint density at radius 2 is 2.33 bits per heavy atom. The molecule has 1 heterocycles. The molecule has 1 rings (SSSR count). The first-order valence-electron chi connectivity index (χ1n) is 2.75. The number of hydrogen-bond donors (Lipinski definition) is 0. The first kappa shape index (κ1) is 5.95. The quantitative estimate of drug-likeness (QED) is 0.527. The van der Waals surface area contributed by atoms with Crippen molar-refractivity contribution < 1.29 is 4.84 Å². The van der Waals surface area contributed by atoms with E-state index in [2.05, 4.69) is 6.58 Å². The minimum atomic E-state index is 0.871. The van der Waals surface area contributed by atoms with Crippen LogP contribution in [0.25, 0.3) is 0 Å². The van der Waals surface area contributed by atoms with E-state index in [9.17, 15) is 0 Å². The molecule has 9 heavy (non-hydrogen) atoms. The fraction of sp³-hybridized carbons (Fsp3) is 0.143. The summed E-state index contributed by atoms with van der Waals surface area (Å²) >= 11 is 0. The molecule has 0 saturated heterocycles. The molecule has 1 aliphatic rings. The Morgan fingerprint density at radius 1 is 1.56 bits per heavy atom. The van der Waals surface area contributed by atoms with Gasteiger partial charge in [0.05, 0.1) is 0 Å². The van der Waals surface area contributed by atoms with Crippen LogP contribution < -0.4 is 0 Å². The molecule has 0 radical (unpaired) electrons. The number of rotatable bonds is 1. The van der Waals surface area contributed by atoms with Crippen LogP contribution in [0.1, 0.15) is 6.92 Å². The maximum absolute atomic E-state index is 5.01. The van der Waals surface area contributed by atoms with Crippen molar-refractivity contribution in [1.82, 2.24) is 5.06 Å². The molecule has 0 aliphatic carbocycles. The minimum absolute atomic E-state index is 0.871. The summed E-state index contributed by atoms with van der Waals surface area (Å²) in [6.45, 7) is 5.57. The van der Waals surface area contributed by atoms with E-state index in [1.54, 1.807) is 11.3 Å². The summed E-state index contributed by atoms with van der Waals surface area (Å²) < 4.78 is 0. The van der Waals surface area contributed by atoms with Gasteiger partial charge in [0, 0.05) is 11.9 Å². The first-order valence-corrected chi connectivity index (χ1v) is 2.75. The molecular weight excluding hydrogens is 114 g/mol. The van der Waals surface area contributed by atoms with Gasteiger partial charge >= 0.3 is 0 Å². The maximum Gasteiger partial charge on any atom is 0.120 e. The Morgan fingerprint density at radius 3 is 2.67 bits per heavy atom. The van der Waals surface area contributed by atoms with E-state index in [-0.39, 0.29) is 0 Å². The Labute approximate surface area is 54.7 Å². The lowest BCUT2D eigenvalue weighted by Gasteiger charge is -2.18. The van der Waals surface area contributed by atoms with Crippen LogP contribution in [-0.2, 0) is 4.84 Å². The van der Waals surface area contributed by atoms with Gasteiger partial charge in [-0.25, -0.2) is 0 Å². The van der Waals surface area contributed by atoms with Gasteiger partial charge in [-0.3, -0.25) is 0 Å². The number of nitrogens with zero attached hydrogens (tertiary/aromatic N) is 1. The highest BCUT2D eigenvalue weighted by Crippen LogP contribution is 2.06. The SMILES string of the molecule is C=C(C)N1C=CC=CO1. The van der Waals surface area contributed by atoms with Gasteiger partial charge < -0.3 is 4.84 Å². The largest absolute Gasteiger partial charge is 0.383 e. The van der Waals surface area contributed by atoms with Crippen molar-refractivity contribution in [3.63, 3.8) is 0 Å². The molecule has 0 aromatic heterocycles. The van der Waals surface area contributed by atoms with Crippen LogP contribution in [0.4, 0.5) is 0 Å². The van der Waals surface area contributed by atoms with Crippen molar-refractivity contribution >= 4 is 0 Å². The summed E-state index contributed by atoms with van der Waals surface area (Å²) in [6.07, 6.45) is 7.12. The molecule has 0 spiro atoms. The van der Waals surface area contributed by atoms with Crippen LogP contribution in [0.3, 0.4) is 0 Å². The molecule has 0 saturated carbocycles. The molecular formula is C7H9NO. The Kier molecular flexibility index (Phi) is 1.58. The van der Waals surface area contributed by atoms with Crippen LogP contribution in [-0.4, -0.2) is 5.06 Å². The van der Waals surface area contributed by atoms with Crippen LogP contribution in [0.2, 0.25) is 0 Å². The standard InChI is InChI=1S/C7H9NO/c1-7(2)8-5-3-4-6-9-8/h3-6H,1H2,2H3. The third-order valence-corrected chi connectivity index (χ3v) is 0.962. The van der Waals surface area contributed by atoms with E-state index in [0.29, 0.717) is 0 Å². The molecule has 0 N–H and O–H groups in total. The summed E-state index contributed by atoms with van der Waals surface area (Å²) in [4.78, 5) is 5.01. The molecule has 0 fully saturated rings. The zero-order valence-corrected chi connectivity index (χ0v) is 5.37. The zero-order chi connectivity index (χ0) is 6.69. The lowest BCUT2D eigenvalue weighted by atomic mass is 10.5. The van der Waals surface area contributed by atoms with Crippen LogP contribution in [0.15, 0.2) is 36.9 Å². The second-order valence-corrected chi connectivity index (χ2v) is 1.84. The van der Waals surface area contributed by atoms with Gasteiger partial charge in [0.25, 0.3) is 0 Å². The monoisotopic (exact) mass is 123 g/mol. The third-order valence-electron chi connectivity index (χ3n) is 0.962. The smallest absolute Gasteiger partial charge is 0.120 e. The summed E-state index contributed by atoms with van der Waals surface area (Å²) in [5.41, 5.74) is 0.871. The molecule has 2 nitrogen and oxygen atoms in total. The summed E-state index contributed by atoms with van der Waals surface area (Å²) in [5, 5.41) is 1.60.